The lowest BCUT2D eigenvalue weighted by Crippen LogP contribution is -2.26. The van der Waals surface area contributed by atoms with Crippen molar-refractivity contribution >= 4 is 11.5 Å². The summed E-state index contributed by atoms with van der Waals surface area (Å²) in [5.74, 6) is 0.273. The Hall–Kier alpha value is -2.24. The number of pyridine rings is 1. The summed E-state index contributed by atoms with van der Waals surface area (Å²) in [6, 6.07) is 14.0. The molecule has 1 aliphatic heterocycles. The molecule has 0 radical (unpaired) electrons. The number of aromatic nitrogens is 1. The predicted octanol–water partition coefficient (Wildman–Crippen LogP) is 3.79. The molecule has 1 aliphatic rings. The largest absolute Gasteiger partial charge is 0.433 e. The Kier molecular flexibility index (Phi) is 3.92. The van der Waals surface area contributed by atoms with Gasteiger partial charge >= 0.3 is 6.18 Å². The molecule has 1 saturated heterocycles. The normalized spacial score (nSPS) is 18.5. The van der Waals surface area contributed by atoms with Crippen LogP contribution in [0.25, 0.3) is 0 Å². The van der Waals surface area contributed by atoms with Crippen LogP contribution >= 0.6 is 0 Å². The van der Waals surface area contributed by atoms with Crippen molar-refractivity contribution in [1.82, 2.24) is 4.98 Å². The van der Waals surface area contributed by atoms with Gasteiger partial charge in [-0.15, -0.1) is 0 Å². The van der Waals surface area contributed by atoms with E-state index in [-0.39, 0.29) is 11.9 Å². The second-order valence-corrected chi connectivity index (χ2v) is 5.32. The quantitative estimate of drug-likeness (QED) is 0.935. The molecule has 116 valence electrons. The topological polar surface area (TPSA) is 28.2 Å². The Bertz CT molecular complexity index is 628. The zero-order chi connectivity index (χ0) is 15.6. The van der Waals surface area contributed by atoms with E-state index in [1.54, 1.807) is 6.07 Å². The van der Waals surface area contributed by atoms with Gasteiger partial charge in [-0.2, -0.15) is 13.2 Å². The molecular weight excluding hydrogens is 291 g/mol. The van der Waals surface area contributed by atoms with Gasteiger partial charge in [-0.25, -0.2) is 4.98 Å². The molecule has 1 unspecified atom stereocenters. The first-order chi connectivity index (χ1) is 10.5. The zero-order valence-electron chi connectivity index (χ0n) is 11.8. The van der Waals surface area contributed by atoms with Crippen molar-refractivity contribution in [2.45, 2.75) is 18.6 Å². The van der Waals surface area contributed by atoms with Crippen LogP contribution in [-0.2, 0) is 6.18 Å². The monoisotopic (exact) mass is 307 g/mol. The highest BCUT2D eigenvalue weighted by molar-refractivity contribution is 5.48. The van der Waals surface area contributed by atoms with Gasteiger partial charge in [0.2, 0.25) is 0 Å². The molecule has 0 aliphatic carbocycles. The SMILES string of the molecule is FC(F)(F)c1cccc(NC2CCN(c3ccccc3)C2)n1. The van der Waals surface area contributed by atoms with Crippen LogP contribution in [-0.4, -0.2) is 24.1 Å². The molecular formula is C16H16F3N3. The molecule has 0 amide bonds. The third-order valence-electron chi connectivity index (χ3n) is 3.70. The van der Waals surface area contributed by atoms with Gasteiger partial charge in [0, 0.05) is 24.8 Å². The summed E-state index contributed by atoms with van der Waals surface area (Å²) in [6.07, 6.45) is -3.55. The van der Waals surface area contributed by atoms with Crippen molar-refractivity contribution in [3.63, 3.8) is 0 Å². The number of nitrogens with one attached hydrogen (secondary N) is 1. The van der Waals surface area contributed by atoms with E-state index in [1.165, 1.54) is 6.07 Å². The van der Waals surface area contributed by atoms with Crippen LogP contribution in [0.1, 0.15) is 12.1 Å². The lowest BCUT2D eigenvalue weighted by atomic mass is 10.2. The van der Waals surface area contributed by atoms with Gasteiger partial charge in [0.05, 0.1) is 0 Å². The summed E-state index contributed by atoms with van der Waals surface area (Å²) in [4.78, 5) is 5.86. The maximum Gasteiger partial charge on any atom is 0.433 e. The van der Waals surface area contributed by atoms with E-state index in [1.807, 2.05) is 30.3 Å². The molecule has 1 aromatic heterocycles. The summed E-state index contributed by atoms with van der Waals surface area (Å²) >= 11 is 0. The van der Waals surface area contributed by atoms with Gasteiger partial charge in [-0.1, -0.05) is 24.3 Å². The predicted molar refractivity (Wildman–Crippen MR) is 79.9 cm³/mol. The summed E-state index contributed by atoms with van der Waals surface area (Å²) in [6.45, 7) is 1.63. The fourth-order valence-electron chi connectivity index (χ4n) is 2.63. The van der Waals surface area contributed by atoms with Crippen LogP contribution in [0.5, 0.6) is 0 Å². The van der Waals surface area contributed by atoms with E-state index < -0.39 is 11.9 Å². The molecule has 0 spiro atoms. The highest BCUT2D eigenvalue weighted by Gasteiger charge is 2.32. The minimum absolute atomic E-state index is 0.0937. The number of nitrogens with zero attached hydrogens (tertiary/aromatic N) is 2. The van der Waals surface area contributed by atoms with Gasteiger partial charge in [0.1, 0.15) is 11.5 Å². The minimum atomic E-state index is -4.41. The van der Waals surface area contributed by atoms with E-state index in [0.717, 1.165) is 31.3 Å². The maximum atomic E-state index is 12.7. The van der Waals surface area contributed by atoms with Crippen molar-refractivity contribution in [2.75, 3.05) is 23.3 Å². The third kappa shape index (κ3) is 3.32. The summed E-state index contributed by atoms with van der Waals surface area (Å²) in [5.41, 5.74) is 0.263. The Morgan fingerprint density at radius 2 is 1.82 bits per heavy atom. The number of anilines is 2. The number of benzene rings is 1. The fourth-order valence-corrected chi connectivity index (χ4v) is 2.63. The Morgan fingerprint density at radius 1 is 1.05 bits per heavy atom. The summed E-state index contributed by atoms with van der Waals surface area (Å²) in [7, 11) is 0. The van der Waals surface area contributed by atoms with Crippen LogP contribution in [0.15, 0.2) is 48.5 Å². The highest BCUT2D eigenvalue weighted by Crippen LogP contribution is 2.28. The molecule has 1 atom stereocenters. The number of para-hydroxylation sites is 1. The van der Waals surface area contributed by atoms with Crippen molar-refractivity contribution in [3.8, 4) is 0 Å². The van der Waals surface area contributed by atoms with Crippen LogP contribution < -0.4 is 10.2 Å². The molecule has 3 rings (SSSR count). The van der Waals surface area contributed by atoms with E-state index in [0.29, 0.717) is 0 Å². The van der Waals surface area contributed by atoms with E-state index in [9.17, 15) is 13.2 Å². The first kappa shape index (κ1) is 14.7. The maximum absolute atomic E-state index is 12.7. The van der Waals surface area contributed by atoms with Crippen molar-refractivity contribution in [1.29, 1.82) is 0 Å². The number of rotatable bonds is 3. The van der Waals surface area contributed by atoms with Gasteiger partial charge in [0.25, 0.3) is 0 Å². The van der Waals surface area contributed by atoms with Gasteiger partial charge in [0.15, 0.2) is 0 Å². The second kappa shape index (κ2) is 5.87. The summed E-state index contributed by atoms with van der Waals surface area (Å²) < 4.78 is 38.0. The lowest BCUT2D eigenvalue weighted by Gasteiger charge is -2.19. The van der Waals surface area contributed by atoms with Crippen molar-refractivity contribution in [3.05, 3.63) is 54.2 Å². The third-order valence-corrected chi connectivity index (χ3v) is 3.70. The Labute approximate surface area is 126 Å². The minimum Gasteiger partial charge on any atom is -0.369 e. The Balaban J connectivity index is 1.66. The van der Waals surface area contributed by atoms with Crippen LogP contribution in [0.4, 0.5) is 24.7 Å². The molecule has 1 aromatic carbocycles. The van der Waals surface area contributed by atoms with Crippen molar-refractivity contribution < 1.29 is 13.2 Å². The first-order valence-electron chi connectivity index (χ1n) is 7.13. The fraction of sp³-hybridized carbons (Fsp3) is 0.312. The summed E-state index contributed by atoms with van der Waals surface area (Å²) in [5, 5.41) is 3.10. The van der Waals surface area contributed by atoms with Gasteiger partial charge in [-0.05, 0) is 30.7 Å². The second-order valence-electron chi connectivity index (χ2n) is 5.32. The zero-order valence-corrected chi connectivity index (χ0v) is 11.8. The van der Waals surface area contributed by atoms with Crippen LogP contribution in [0.2, 0.25) is 0 Å². The number of hydrogen-bond acceptors (Lipinski definition) is 3. The molecule has 3 nitrogen and oxygen atoms in total. The molecule has 6 heteroatoms. The molecule has 22 heavy (non-hydrogen) atoms. The van der Waals surface area contributed by atoms with E-state index in [4.69, 9.17) is 0 Å². The van der Waals surface area contributed by atoms with Gasteiger partial charge in [-0.3, -0.25) is 0 Å². The smallest absolute Gasteiger partial charge is 0.369 e. The molecule has 0 saturated carbocycles. The first-order valence-corrected chi connectivity index (χ1v) is 7.13. The van der Waals surface area contributed by atoms with Gasteiger partial charge < -0.3 is 10.2 Å². The van der Waals surface area contributed by atoms with Crippen molar-refractivity contribution in [2.24, 2.45) is 0 Å². The molecule has 1 fully saturated rings. The number of halogens is 3. The number of hydrogen-bond donors (Lipinski definition) is 1. The van der Waals surface area contributed by atoms with Crippen LogP contribution in [0, 0.1) is 0 Å². The van der Waals surface area contributed by atoms with Crippen LogP contribution in [0.3, 0.4) is 0 Å². The highest BCUT2D eigenvalue weighted by atomic mass is 19.4. The average molecular weight is 307 g/mol. The van der Waals surface area contributed by atoms with E-state index in [2.05, 4.69) is 15.2 Å². The Morgan fingerprint density at radius 3 is 2.55 bits per heavy atom. The lowest BCUT2D eigenvalue weighted by molar-refractivity contribution is -0.141. The number of alkyl halides is 3. The molecule has 1 N–H and O–H groups in total. The van der Waals surface area contributed by atoms with E-state index >= 15 is 0 Å². The molecule has 2 aromatic rings. The average Bonchev–Trinajstić information content (AvgIpc) is 2.96. The standard InChI is InChI=1S/C16H16F3N3/c17-16(18,19)14-7-4-8-15(21-14)20-12-9-10-22(11-12)13-5-2-1-3-6-13/h1-8,12H,9-11H2,(H,20,21). The molecule has 0 bridgehead atoms. The molecule has 2 heterocycles.